The lowest BCUT2D eigenvalue weighted by Crippen LogP contribution is -2.26. The Morgan fingerprint density at radius 2 is 1.68 bits per heavy atom. The zero-order valence-electron chi connectivity index (χ0n) is 14.1. The molecule has 25 heavy (non-hydrogen) atoms. The second-order valence-corrected chi connectivity index (χ2v) is 5.76. The fourth-order valence-electron chi connectivity index (χ4n) is 2.41. The summed E-state index contributed by atoms with van der Waals surface area (Å²) in [7, 11) is 1.59. The van der Waals surface area contributed by atoms with Crippen LogP contribution in [0.2, 0.25) is 0 Å². The van der Waals surface area contributed by atoms with Crippen molar-refractivity contribution in [1.82, 2.24) is 5.32 Å². The molecule has 1 atom stereocenters. The molecule has 1 amide bonds. The zero-order valence-corrected chi connectivity index (χ0v) is 14.1. The number of amides is 1. The predicted octanol–water partition coefficient (Wildman–Crippen LogP) is 4.52. The van der Waals surface area contributed by atoms with Crippen LogP contribution in [0, 0.1) is 0 Å². The normalized spacial score (nSPS) is 12.5. The summed E-state index contributed by atoms with van der Waals surface area (Å²) in [5.41, 5.74) is 0.943. The van der Waals surface area contributed by atoms with Gasteiger partial charge in [-0.15, -0.1) is 0 Å². The Bertz CT molecular complexity index is 694. The van der Waals surface area contributed by atoms with Gasteiger partial charge in [0.1, 0.15) is 5.75 Å². The van der Waals surface area contributed by atoms with Crippen LogP contribution in [0.4, 0.5) is 13.2 Å². The maximum atomic E-state index is 12.6. The van der Waals surface area contributed by atoms with E-state index >= 15 is 0 Å². The van der Waals surface area contributed by atoms with Crippen LogP contribution in [-0.4, -0.2) is 13.0 Å². The van der Waals surface area contributed by atoms with Gasteiger partial charge in [0.25, 0.3) is 0 Å². The maximum Gasteiger partial charge on any atom is 0.416 e. The highest BCUT2D eigenvalue weighted by molar-refractivity contribution is 5.76. The van der Waals surface area contributed by atoms with Crippen molar-refractivity contribution in [2.75, 3.05) is 7.11 Å². The number of hydrogen-bond acceptors (Lipinski definition) is 2. The lowest BCUT2D eigenvalue weighted by molar-refractivity contribution is -0.137. The quantitative estimate of drug-likeness (QED) is 0.831. The van der Waals surface area contributed by atoms with Gasteiger partial charge in [-0.2, -0.15) is 13.2 Å². The van der Waals surface area contributed by atoms with E-state index in [1.807, 2.05) is 24.3 Å². The Morgan fingerprint density at radius 1 is 1.08 bits per heavy atom. The van der Waals surface area contributed by atoms with Crippen molar-refractivity contribution in [3.05, 3.63) is 65.2 Å². The Hall–Kier alpha value is -2.50. The predicted molar refractivity (Wildman–Crippen MR) is 89.3 cm³/mol. The largest absolute Gasteiger partial charge is 0.497 e. The number of methoxy groups -OCH3 is 1. The second-order valence-electron chi connectivity index (χ2n) is 5.76. The maximum absolute atomic E-state index is 12.6. The average molecular weight is 351 g/mol. The summed E-state index contributed by atoms with van der Waals surface area (Å²) in [6.07, 6.45) is -3.48. The van der Waals surface area contributed by atoms with Gasteiger partial charge in [-0.3, -0.25) is 4.79 Å². The smallest absolute Gasteiger partial charge is 0.416 e. The lowest BCUT2D eigenvalue weighted by Gasteiger charge is -2.15. The molecule has 2 aromatic rings. The molecule has 3 nitrogen and oxygen atoms in total. The molecule has 0 spiro atoms. The summed E-state index contributed by atoms with van der Waals surface area (Å²) in [4.78, 5) is 12.0. The van der Waals surface area contributed by atoms with Crippen LogP contribution in [0.15, 0.2) is 48.5 Å². The van der Waals surface area contributed by atoms with Crippen LogP contribution < -0.4 is 10.1 Å². The molecule has 0 aliphatic carbocycles. The van der Waals surface area contributed by atoms with Crippen molar-refractivity contribution in [3.63, 3.8) is 0 Å². The first kappa shape index (κ1) is 18.8. The third-order valence-electron chi connectivity index (χ3n) is 3.92. The third kappa shape index (κ3) is 5.52. The highest BCUT2D eigenvalue weighted by Gasteiger charge is 2.30. The van der Waals surface area contributed by atoms with E-state index in [2.05, 4.69) is 5.32 Å². The summed E-state index contributed by atoms with van der Waals surface area (Å²) >= 11 is 0. The van der Waals surface area contributed by atoms with Gasteiger partial charge in [0.2, 0.25) is 5.91 Å². The first-order chi connectivity index (χ1) is 11.8. The molecular formula is C19H20F3NO2. The van der Waals surface area contributed by atoms with Crippen LogP contribution >= 0.6 is 0 Å². The van der Waals surface area contributed by atoms with E-state index in [4.69, 9.17) is 4.74 Å². The molecule has 1 N–H and O–H groups in total. The van der Waals surface area contributed by atoms with Gasteiger partial charge >= 0.3 is 6.18 Å². The first-order valence-electron chi connectivity index (χ1n) is 7.89. The summed E-state index contributed by atoms with van der Waals surface area (Å²) in [5.74, 6) is 0.604. The topological polar surface area (TPSA) is 38.3 Å². The van der Waals surface area contributed by atoms with Crippen molar-refractivity contribution in [2.24, 2.45) is 0 Å². The molecule has 6 heteroatoms. The molecular weight excluding hydrogens is 331 g/mol. The number of nitrogens with one attached hydrogen (secondary N) is 1. The average Bonchev–Trinajstić information content (AvgIpc) is 2.59. The van der Waals surface area contributed by atoms with E-state index < -0.39 is 11.7 Å². The second kappa shape index (κ2) is 8.05. The number of alkyl halides is 3. The molecule has 2 rings (SSSR count). The van der Waals surface area contributed by atoms with Crippen LogP contribution in [0.5, 0.6) is 5.75 Å². The Kier molecular flexibility index (Phi) is 6.07. The van der Waals surface area contributed by atoms with Gasteiger partial charge in [-0.05, 0) is 48.7 Å². The number of rotatable bonds is 6. The van der Waals surface area contributed by atoms with Gasteiger partial charge in [0.05, 0.1) is 18.7 Å². The highest BCUT2D eigenvalue weighted by Crippen LogP contribution is 2.29. The number of hydrogen-bond donors (Lipinski definition) is 1. The van der Waals surface area contributed by atoms with E-state index in [9.17, 15) is 18.0 Å². The first-order valence-corrected chi connectivity index (χ1v) is 7.89. The number of halogens is 3. The molecule has 0 fully saturated rings. The van der Waals surface area contributed by atoms with Crippen LogP contribution in [0.25, 0.3) is 0 Å². The van der Waals surface area contributed by atoms with Crippen LogP contribution in [-0.2, 0) is 17.4 Å². The standard InChI is InChI=1S/C19H20F3NO2/c1-13(15-6-8-16(9-7-15)19(20,21)22)23-18(24)12-5-14-3-10-17(25-2)11-4-14/h3-4,6-11,13H,5,12H2,1-2H3,(H,23,24). The zero-order chi connectivity index (χ0) is 18.4. The van der Waals surface area contributed by atoms with Crippen molar-refractivity contribution in [2.45, 2.75) is 32.0 Å². The van der Waals surface area contributed by atoms with Crippen LogP contribution in [0.1, 0.15) is 36.1 Å². The van der Waals surface area contributed by atoms with Crippen molar-refractivity contribution < 1.29 is 22.7 Å². The van der Waals surface area contributed by atoms with E-state index in [1.54, 1.807) is 14.0 Å². The summed E-state index contributed by atoms with van der Waals surface area (Å²) in [6, 6.07) is 11.9. The number of benzene rings is 2. The molecule has 0 heterocycles. The summed E-state index contributed by atoms with van der Waals surface area (Å²) in [6.45, 7) is 1.74. The van der Waals surface area contributed by atoms with Crippen molar-refractivity contribution >= 4 is 5.91 Å². The highest BCUT2D eigenvalue weighted by atomic mass is 19.4. The number of carbonyl (C=O) groups is 1. The monoisotopic (exact) mass is 351 g/mol. The molecule has 0 radical (unpaired) electrons. The fourth-order valence-corrected chi connectivity index (χ4v) is 2.41. The molecule has 2 aromatic carbocycles. The van der Waals surface area contributed by atoms with Crippen molar-refractivity contribution in [3.8, 4) is 5.75 Å². The minimum absolute atomic E-state index is 0.150. The molecule has 0 aliphatic heterocycles. The van der Waals surface area contributed by atoms with E-state index in [-0.39, 0.29) is 11.9 Å². The molecule has 0 bridgehead atoms. The molecule has 1 unspecified atom stereocenters. The van der Waals surface area contributed by atoms with Crippen LogP contribution in [0.3, 0.4) is 0 Å². The molecule has 0 aliphatic rings. The number of carbonyl (C=O) groups excluding carboxylic acids is 1. The van der Waals surface area contributed by atoms with E-state index in [1.165, 1.54) is 12.1 Å². The fraction of sp³-hybridized carbons (Fsp3) is 0.316. The van der Waals surface area contributed by atoms with Gasteiger partial charge in [0.15, 0.2) is 0 Å². The van der Waals surface area contributed by atoms with E-state index in [0.29, 0.717) is 18.4 Å². The molecule has 0 saturated carbocycles. The Labute approximate surface area is 144 Å². The molecule has 0 saturated heterocycles. The third-order valence-corrected chi connectivity index (χ3v) is 3.92. The summed E-state index contributed by atoms with van der Waals surface area (Å²) < 4.78 is 42.8. The van der Waals surface area contributed by atoms with E-state index in [0.717, 1.165) is 23.4 Å². The Morgan fingerprint density at radius 3 is 2.20 bits per heavy atom. The number of aryl methyl sites for hydroxylation is 1. The van der Waals surface area contributed by atoms with Gasteiger partial charge in [0, 0.05) is 6.42 Å². The SMILES string of the molecule is COc1ccc(CCC(=O)NC(C)c2ccc(C(F)(F)F)cc2)cc1. The molecule has 134 valence electrons. The van der Waals surface area contributed by atoms with Gasteiger partial charge in [-0.25, -0.2) is 0 Å². The van der Waals surface area contributed by atoms with Gasteiger partial charge in [-0.1, -0.05) is 24.3 Å². The van der Waals surface area contributed by atoms with Gasteiger partial charge < -0.3 is 10.1 Å². The lowest BCUT2D eigenvalue weighted by atomic mass is 10.0. The minimum atomic E-state index is -4.36. The number of ether oxygens (including phenoxy) is 1. The minimum Gasteiger partial charge on any atom is -0.497 e. The molecule has 0 aromatic heterocycles. The van der Waals surface area contributed by atoms with Crippen molar-refractivity contribution in [1.29, 1.82) is 0 Å². The Balaban J connectivity index is 1.86. The summed E-state index contributed by atoms with van der Waals surface area (Å²) in [5, 5.41) is 2.80.